The summed E-state index contributed by atoms with van der Waals surface area (Å²) in [5.41, 5.74) is 17.5. The molecule has 0 radical (unpaired) electrons. The number of carbonyl (C=O) groups excluding carboxylic acids is 3. The van der Waals surface area contributed by atoms with E-state index in [4.69, 9.17) is 17.2 Å². The lowest BCUT2D eigenvalue weighted by Crippen LogP contribution is -2.58. The smallest absolute Gasteiger partial charge is 0.326 e. The molecule has 3 amide bonds. The first-order valence-corrected chi connectivity index (χ1v) is 12.2. The molecule has 12 heteroatoms. The summed E-state index contributed by atoms with van der Waals surface area (Å²) in [4.78, 5) is 49.8. The molecule has 4 unspecified atom stereocenters. The Morgan fingerprint density at radius 2 is 1.28 bits per heavy atom. The number of nitrogens with two attached hydrogens (primary N) is 3. The largest absolute Gasteiger partial charge is 0.480 e. The quantitative estimate of drug-likeness (QED) is 0.106. The van der Waals surface area contributed by atoms with Gasteiger partial charge in [0.05, 0.1) is 12.6 Å². The first-order valence-electron chi connectivity index (χ1n) is 12.2. The minimum Gasteiger partial charge on any atom is -0.480 e. The van der Waals surface area contributed by atoms with E-state index >= 15 is 0 Å². The summed E-state index contributed by atoms with van der Waals surface area (Å²) in [7, 11) is 0. The highest BCUT2D eigenvalue weighted by Crippen LogP contribution is 2.07. The van der Waals surface area contributed by atoms with Crippen LogP contribution in [-0.2, 0) is 25.6 Å². The van der Waals surface area contributed by atoms with Crippen molar-refractivity contribution in [1.82, 2.24) is 16.0 Å². The lowest BCUT2D eigenvalue weighted by molar-refractivity contribution is -0.142. The van der Waals surface area contributed by atoms with Crippen LogP contribution in [0.2, 0.25) is 0 Å². The number of hydrogen-bond donors (Lipinski definition) is 8. The fraction of sp³-hybridized carbons (Fsp3) is 0.583. The van der Waals surface area contributed by atoms with E-state index in [9.17, 15) is 29.4 Å². The van der Waals surface area contributed by atoms with Crippen molar-refractivity contribution in [2.75, 3.05) is 19.7 Å². The number of carboxylic acids is 1. The van der Waals surface area contributed by atoms with E-state index in [0.29, 0.717) is 45.2 Å². The highest BCUT2D eigenvalue weighted by molar-refractivity contribution is 5.94. The molecule has 1 aromatic carbocycles. The zero-order chi connectivity index (χ0) is 26.9. The van der Waals surface area contributed by atoms with Crippen molar-refractivity contribution in [1.29, 1.82) is 0 Å². The predicted octanol–water partition coefficient (Wildman–Crippen LogP) is -1.65. The monoisotopic (exact) mass is 508 g/mol. The van der Waals surface area contributed by atoms with Gasteiger partial charge in [-0.2, -0.15) is 0 Å². The van der Waals surface area contributed by atoms with E-state index in [-0.39, 0.29) is 12.8 Å². The van der Waals surface area contributed by atoms with Gasteiger partial charge in [-0.1, -0.05) is 36.8 Å². The van der Waals surface area contributed by atoms with Gasteiger partial charge in [-0.3, -0.25) is 14.4 Å². The number of aliphatic carboxylic acids is 1. The predicted molar refractivity (Wildman–Crippen MR) is 134 cm³/mol. The van der Waals surface area contributed by atoms with Gasteiger partial charge in [-0.15, -0.1) is 0 Å². The van der Waals surface area contributed by atoms with Crippen LogP contribution in [0, 0.1) is 0 Å². The molecule has 0 heterocycles. The van der Waals surface area contributed by atoms with E-state index in [2.05, 4.69) is 16.0 Å². The van der Waals surface area contributed by atoms with Crippen molar-refractivity contribution in [3.63, 3.8) is 0 Å². The standard InChI is InChI=1S/C24H40N6O6/c25-12-6-4-10-17(27)21(32)30-20(15-31)23(34)28-18(11-5-7-13-26)22(33)29-19(24(35)36)14-16-8-2-1-3-9-16/h1-3,8-9,17-20,31H,4-7,10-15,25-27H2,(H,28,34)(H,29,33)(H,30,32)(H,35,36). The Labute approximate surface area is 211 Å². The molecule has 0 spiro atoms. The van der Waals surface area contributed by atoms with Crippen molar-refractivity contribution < 1.29 is 29.4 Å². The first kappa shape index (κ1) is 31.0. The minimum absolute atomic E-state index is 0.0583. The second kappa shape index (κ2) is 17.4. The summed E-state index contributed by atoms with van der Waals surface area (Å²) in [5.74, 6) is -3.31. The molecule has 11 N–H and O–H groups in total. The summed E-state index contributed by atoms with van der Waals surface area (Å²) >= 11 is 0. The third kappa shape index (κ3) is 11.6. The Hall–Kier alpha value is -3.06. The number of hydrogen-bond acceptors (Lipinski definition) is 8. The fourth-order valence-corrected chi connectivity index (χ4v) is 3.47. The first-order chi connectivity index (χ1) is 17.2. The Morgan fingerprint density at radius 3 is 1.83 bits per heavy atom. The molecular formula is C24H40N6O6. The molecule has 0 aliphatic heterocycles. The number of carboxylic acid groups (broad SMARTS) is 1. The number of rotatable bonds is 18. The van der Waals surface area contributed by atoms with E-state index in [1.807, 2.05) is 0 Å². The van der Waals surface area contributed by atoms with Gasteiger partial charge >= 0.3 is 5.97 Å². The second-order valence-electron chi connectivity index (χ2n) is 8.57. The third-order valence-corrected chi connectivity index (χ3v) is 5.60. The molecule has 0 fully saturated rings. The normalized spacial score (nSPS) is 14.2. The molecule has 202 valence electrons. The summed E-state index contributed by atoms with van der Waals surface area (Å²) < 4.78 is 0. The molecule has 1 rings (SSSR count). The van der Waals surface area contributed by atoms with Gasteiger partial charge in [-0.05, 0) is 50.8 Å². The Morgan fingerprint density at radius 1 is 0.750 bits per heavy atom. The molecule has 12 nitrogen and oxygen atoms in total. The van der Waals surface area contributed by atoms with Gasteiger partial charge in [0.1, 0.15) is 18.1 Å². The number of amides is 3. The zero-order valence-corrected chi connectivity index (χ0v) is 20.5. The van der Waals surface area contributed by atoms with Gasteiger partial charge in [0.15, 0.2) is 0 Å². The fourth-order valence-electron chi connectivity index (χ4n) is 3.47. The molecule has 0 aromatic heterocycles. The van der Waals surface area contributed by atoms with Crippen LogP contribution in [0.25, 0.3) is 0 Å². The van der Waals surface area contributed by atoms with Gasteiger partial charge < -0.3 is 43.4 Å². The van der Waals surface area contributed by atoms with Crippen LogP contribution in [0.5, 0.6) is 0 Å². The highest BCUT2D eigenvalue weighted by atomic mass is 16.4. The molecular weight excluding hydrogens is 468 g/mol. The van der Waals surface area contributed by atoms with E-state index in [1.165, 1.54) is 0 Å². The Bertz CT molecular complexity index is 825. The topological polar surface area (TPSA) is 223 Å². The maximum absolute atomic E-state index is 13.0. The average molecular weight is 509 g/mol. The van der Waals surface area contributed by atoms with Crippen LogP contribution in [0.3, 0.4) is 0 Å². The number of carbonyl (C=O) groups is 4. The zero-order valence-electron chi connectivity index (χ0n) is 20.5. The van der Waals surface area contributed by atoms with Crippen LogP contribution in [0.1, 0.15) is 44.1 Å². The van der Waals surface area contributed by atoms with Gasteiger partial charge in [0.25, 0.3) is 0 Å². The average Bonchev–Trinajstić information content (AvgIpc) is 2.86. The molecule has 0 aliphatic carbocycles. The SMILES string of the molecule is NCCCCC(N)C(=O)NC(CO)C(=O)NC(CCCCN)C(=O)NC(Cc1ccccc1)C(=O)O. The molecule has 4 atom stereocenters. The summed E-state index contributed by atoms with van der Waals surface area (Å²) in [6.07, 6.45) is 3.03. The van der Waals surface area contributed by atoms with Crippen molar-refractivity contribution in [3.05, 3.63) is 35.9 Å². The Balaban J connectivity index is 2.85. The van der Waals surface area contributed by atoms with E-state index < -0.39 is 54.5 Å². The molecule has 0 aliphatic rings. The van der Waals surface area contributed by atoms with E-state index in [1.54, 1.807) is 30.3 Å². The minimum atomic E-state index is -1.33. The lowest BCUT2D eigenvalue weighted by atomic mass is 10.0. The summed E-state index contributed by atoms with van der Waals surface area (Å²) in [6.45, 7) is 0.138. The molecule has 0 bridgehead atoms. The molecule has 0 saturated carbocycles. The van der Waals surface area contributed by atoms with Crippen LogP contribution >= 0.6 is 0 Å². The van der Waals surface area contributed by atoms with Gasteiger partial charge in [0, 0.05) is 6.42 Å². The molecule has 1 aromatic rings. The number of nitrogens with one attached hydrogen (secondary N) is 3. The van der Waals surface area contributed by atoms with Crippen molar-refractivity contribution in [2.24, 2.45) is 17.2 Å². The maximum atomic E-state index is 13.0. The van der Waals surface area contributed by atoms with Crippen LogP contribution in [0.15, 0.2) is 30.3 Å². The Kier molecular flexibility index (Phi) is 15.0. The van der Waals surface area contributed by atoms with Crippen LogP contribution in [0.4, 0.5) is 0 Å². The number of aliphatic hydroxyl groups excluding tert-OH is 1. The summed E-state index contributed by atoms with van der Waals surface area (Å²) in [5, 5.41) is 26.6. The third-order valence-electron chi connectivity index (χ3n) is 5.60. The van der Waals surface area contributed by atoms with Crippen molar-refractivity contribution >= 4 is 23.7 Å². The van der Waals surface area contributed by atoms with E-state index in [0.717, 1.165) is 5.56 Å². The van der Waals surface area contributed by atoms with Gasteiger partial charge in [0.2, 0.25) is 17.7 Å². The van der Waals surface area contributed by atoms with Crippen LogP contribution < -0.4 is 33.2 Å². The summed E-state index contributed by atoms with van der Waals surface area (Å²) in [6, 6.07) is 4.30. The van der Waals surface area contributed by atoms with Crippen molar-refractivity contribution in [3.8, 4) is 0 Å². The van der Waals surface area contributed by atoms with Gasteiger partial charge in [-0.25, -0.2) is 4.79 Å². The highest BCUT2D eigenvalue weighted by Gasteiger charge is 2.30. The number of unbranched alkanes of at least 4 members (excludes halogenated alkanes) is 2. The second-order valence-corrected chi connectivity index (χ2v) is 8.57. The van der Waals surface area contributed by atoms with Crippen LogP contribution in [-0.4, -0.2) is 77.8 Å². The van der Waals surface area contributed by atoms with Crippen molar-refractivity contribution in [2.45, 2.75) is 69.1 Å². The molecule has 36 heavy (non-hydrogen) atoms. The molecule has 0 saturated heterocycles. The maximum Gasteiger partial charge on any atom is 0.326 e. The number of aliphatic hydroxyl groups is 1. The number of benzene rings is 1. The lowest BCUT2D eigenvalue weighted by Gasteiger charge is -2.24.